The van der Waals surface area contributed by atoms with Crippen molar-refractivity contribution in [2.75, 3.05) is 7.11 Å². The lowest BCUT2D eigenvalue weighted by atomic mass is 9.68. The first-order chi connectivity index (χ1) is 11.3. The summed E-state index contributed by atoms with van der Waals surface area (Å²) in [5.74, 6) is -2.30. The van der Waals surface area contributed by atoms with E-state index in [0.29, 0.717) is 17.9 Å². The third kappa shape index (κ3) is 2.83. The lowest BCUT2D eigenvalue weighted by molar-refractivity contribution is -0.140. The molecular formula is C18H19ClO4S. The van der Waals surface area contributed by atoms with Gasteiger partial charge in [0.1, 0.15) is 11.4 Å². The molecule has 2 unspecified atom stereocenters. The maximum Gasteiger partial charge on any atom is 0.182 e. The van der Waals surface area contributed by atoms with Crippen molar-refractivity contribution in [1.29, 1.82) is 0 Å². The van der Waals surface area contributed by atoms with Gasteiger partial charge in [-0.2, -0.15) is 0 Å². The topological polar surface area (TPSA) is 60.4 Å². The van der Waals surface area contributed by atoms with Crippen molar-refractivity contribution in [3.63, 3.8) is 0 Å². The Bertz CT molecular complexity index is 741. The average molecular weight is 367 g/mol. The van der Waals surface area contributed by atoms with E-state index in [1.54, 1.807) is 38.8 Å². The van der Waals surface area contributed by atoms with Crippen LogP contribution < -0.4 is 0 Å². The second kappa shape index (κ2) is 6.28. The number of carbonyl (C=O) groups is 3. The Morgan fingerprint density at radius 3 is 2.71 bits per heavy atom. The number of hydrogen-bond donors (Lipinski definition) is 0. The summed E-state index contributed by atoms with van der Waals surface area (Å²) in [5.41, 5.74) is 0.431. The average Bonchev–Trinajstić information content (AvgIpc) is 2.96. The van der Waals surface area contributed by atoms with E-state index < -0.39 is 17.1 Å². The van der Waals surface area contributed by atoms with Crippen LogP contribution in [0.25, 0.3) is 0 Å². The van der Waals surface area contributed by atoms with Crippen molar-refractivity contribution >= 4 is 40.7 Å². The summed E-state index contributed by atoms with van der Waals surface area (Å²) in [6.07, 6.45) is 1.34. The summed E-state index contributed by atoms with van der Waals surface area (Å²) in [4.78, 5) is 38.7. The monoisotopic (exact) mass is 366 g/mol. The summed E-state index contributed by atoms with van der Waals surface area (Å²) >= 11 is 8.00. The van der Waals surface area contributed by atoms with Crippen LogP contribution in [0.15, 0.2) is 17.0 Å². The van der Waals surface area contributed by atoms with Gasteiger partial charge in [0.2, 0.25) is 0 Å². The highest BCUT2D eigenvalue weighted by Gasteiger charge is 2.46. The zero-order chi connectivity index (χ0) is 17.6. The highest BCUT2D eigenvalue weighted by atomic mass is 35.5. The largest absolute Gasteiger partial charge is 0.370 e. The number of halogens is 1. The van der Waals surface area contributed by atoms with Crippen LogP contribution in [-0.4, -0.2) is 29.9 Å². The Labute approximate surface area is 150 Å². The number of benzene rings is 1. The molecule has 0 bridgehead atoms. The van der Waals surface area contributed by atoms with Gasteiger partial charge >= 0.3 is 0 Å². The quantitative estimate of drug-likeness (QED) is 0.602. The number of ketones is 3. The van der Waals surface area contributed by atoms with Gasteiger partial charge in [0.15, 0.2) is 17.3 Å². The van der Waals surface area contributed by atoms with Gasteiger partial charge in [0.05, 0.1) is 5.02 Å². The van der Waals surface area contributed by atoms with Gasteiger partial charge in [-0.05, 0) is 24.1 Å². The summed E-state index contributed by atoms with van der Waals surface area (Å²) in [6.45, 7) is 3.57. The summed E-state index contributed by atoms with van der Waals surface area (Å²) in [5, 5.41) is 0.341. The SMILES string of the molecule is COC1Cc2c(ccc(C(=O)C3C(=O)CCC(C)(C)C3=O)c2Cl)S1. The molecule has 1 aromatic rings. The smallest absolute Gasteiger partial charge is 0.182 e. The standard InChI is InChI=1S/C18H19ClO4S/c1-18(2)7-6-11(20)14(17(18)22)16(21)9-4-5-12-10(15(9)19)8-13(23-3)24-12/h4-5,13-14H,6-8H2,1-3H3. The van der Waals surface area contributed by atoms with Gasteiger partial charge in [0.25, 0.3) is 0 Å². The third-order valence-corrected chi connectivity index (χ3v) is 6.56. The third-order valence-electron chi connectivity index (χ3n) is 4.87. The fraction of sp³-hybridized carbons (Fsp3) is 0.500. The number of methoxy groups -OCH3 is 1. The Morgan fingerprint density at radius 1 is 1.33 bits per heavy atom. The van der Waals surface area contributed by atoms with Crippen molar-refractivity contribution in [1.82, 2.24) is 0 Å². The van der Waals surface area contributed by atoms with Crippen LogP contribution in [0.4, 0.5) is 0 Å². The minimum Gasteiger partial charge on any atom is -0.370 e. The molecule has 1 aromatic carbocycles. The molecule has 24 heavy (non-hydrogen) atoms. The first-order valence-electron chi connectivity index (χ1n) is 7.88. The van der Waals surface area contributed by atoms with E-state index in [1.807, 2.05) is 6.07 Å². The van der Waals surface area contributed by atoms with Crippen LogP contribution in [0.3, 0.4) is 0 Å². The molecule has 3 rings (SSSR count). The Kier molecular flexibility index (Phi) is 4.62. The van der Waals surface area contributed by atoms with E-state index in [-0.39, 0.29) is 29.0 Å². The van der Waals surface area contributed by atoms with E-state index >= 15 is 0 Å². The minimum absolute atomic E-state index is 0.0280. The minimum atomic E-state index is -1.23. The predicted molar refractivity (Wildman–Crippen MR) is 92.7 cm³/mol. The number of carbonyl (C=O) groups excluding carboxylic acids is 3. The first-order valence-corrected chi connectivity index (χ1v) is 9.14. The van der Waals surface area contributed by atoms with Crippen molar-refractivity contribution < 1.29 is 19.1 Å². The Hall–Kier alpha value is -1.17. The van der Waals surface area contributed by atoms with E-state index in [4.69, 9.17) is 16.3 Å². The van der Waals surface area contributed by atoms with Crippen LogP contribution in [0.5, 0.6) is 0 Å². The van der Waals surface area contributed by atoms with Gasteiger partial charge in [-0.3, -0.25) is 14.4 Å². The summed E-state index contributed by atoms with van der Waals surface area (Å²) in [6, 6.07) is 3.44. The highest BCUT2D eigenvalue weighted by Crippen LogP contribution is 2.43. The van der Waals surface area contributed by atoms with E-state index in [9.17, 15) is 14.4 Å². The lowest BCUT2D eigenvalue weighted by Crippen LogP contribution is -2.44. The van der Waals surface area contributed by atoms with Crippen molar-refractivity contribution in [2.24, 2.45) is 11.3 Å². The maximum atomic E-state index is 12.9. The molecular weight excluding hydrogens is 348 g/mol. The van der Waals surface area contributed by atoms with Crippen molar-refractivity contribution in [3.8, 4) is 0 Å². The van der Waals surface area contributed by atoms with E-state index in [0.717, 1.165) is 10.5 Å². The van der Waals surface area contributed by atoms with Gasteiger partial charge in [-0.25, -0.2) is 0 Å². The molecule has 1 aliphatic carbocycles. The second-order valence-electron chi connectivity index (χ2n) is 6.90. The zero-order valence-electron chi connectivity index (χ0n) is 13.8. The number of fused-ring (bicyclic) bond motifs is 1. The number of ether oxygens (including phenoxy) is 1. The van der Waals surface area contributed by atoms with Crippen LogP contribution in [0.1, 0.15) is 42.6 Å². The fourth-order valence-electron chi connectivity index (χ4n) is 3.24. The summed E-state index contributed by atoms with van der Waals surface area (Å²) in [7, 11) is 1.63. The molecule has 1 fully saturated rings. The molecule has 0 radical (unpaired) electrons. The normalized spacial score (nSPS) is 25.7. The van der Waals surface area contributed by atoms with E-state index in [1.165, 1.54) is 0 Å². The van der Waals surface area contributed by atoms with Crippen molar-refractivity contribution in [2.45, 2.75) is 43.4 Å². The molecule has 1 aliphatic heterocycles. The van der Waals surface area contributed by atoms with Gasteiger partial charge in [-0.1, -0.05) is 37.2 Å². The summed E-state index contributed by atoms with van der Waals surface area (Å²) < 4.78 is 5.34. The highest BCUT2D eigenvalue weighted by molar-refractivity contribution is 8.00. The van der Waals surface area contributed by atoms with Crippen LogP contribution >= 0.6 is 23.4 Å². The van der Waals surface area contributed by atoms with Crippen LogP contribution in [0, 0.1) is 11.3 Å². The van der Waals surface area contributed by atoms with Crippen LogP contribution in [0.2, 0.25) is 5.02 Å². The molecule has 0 N–H and O–H groups in total. The first kappa shape index (κ1) is 17.6. The molecule has 0 aromatic heterocycles. The van der Waals surface area contributed by atoms with Crippen LogP contribution in [-0.2, 0) is 20.7 Å². The van der Waals surface area contributed by atoms with Gasteiger partial charge in [0, 0.05) is 35.8 Å². The number of Topliss-reactive ketones (excluding diaryl/α,β-unsaturated/α-hetero) is 3. The number of rotatable bonds is 3. The lowest BCUT2D eigenvalue weighted by Gasteiger charge is -2.32. The van der Waals surface area contributed by atoms with Crippen molar-refractivity contribution in [3.05, 3.63) is 28.3 Å². The number of hydrogen-bond acceptors (Lipinski definition) is 5. The predicted octanol–water partition coefficient (Wildman–Crippen LogP) is 3.72. The molecule has 4 nitrogen and oxygen atoms in total. The fourth-order valence-corrected chi connectivity index (χ4v) is 4.73. The number of thioether (sulfide) groups is 1. The zero-order valence-corrected chi connectivity index (χ0v) is 15.4. The molecule has 0 amide bonds. The van der Waals surface area contributed by atoms with Gasteiger partial charge < -0.3 is 4.74 Å². The molecule has 128 valence electrons. The molecule has 2 aliphatic rings. The molecule has 1 heterocycles. The molecule has 0 saturated heterocycles. The Balaban J connectivity index is 1.97. The Morgan fingerprint density at radius 2 is 2.04 bits per heavy atom. The van der Waals surface area contributed by atoms with E-state index in [2.05, 4.69) is 0 Å². The molecule has 6 heteroatoms. The maximum absolute atomic E-state index is 12.9. The second-order valence-corrected chi connectivity index (χ2v) is 8.48. The molecule has 2 atom stereocenters. The van der Waals surface area contributed by atoms with Gasteiger partial charge in [-0.15, -0.1) is 0 Å². The molecule has 1 saturated carbocycles. The molecule has 0 spiro atoms.